The minimum atomic E-state index is -0.498. The lowest BCUT2D eigenvalue weighted by molar-refractivity contribution is -0.928. The standard InChI is InChI=1S/C16H22BrN3O3/c1-12-5-2-3-9-19(12)10-4-8-18-16(21)13-6-7-14(17)15(11-13)20(22)23/h6-7,11-12H,2-5,8-10H2,1H3,(H,18,21)/p+1/t12-/m0/s1. The molecule has 1 amide bonds. The molecule has 1 fully saturated rings. The van der Waals surface area contributed by atoms with Crippen LogP contribution in [0.25, 0.3) is 0 Å². The van der Waals surface area contributed by atoms with Crippen LogP contribution >= 0.6 is 15.9 Å². The van der Waals surface area contributed by atoms with Crippen molar-refractivity contribution in [3.8, 4) is 0 Å². The fourth-order valence-electron chi connectivity index (χ4n) is 3.04. The molecule has 1 aromatic carbocycles. The van der Waals surface area contributed by atoms with Gasteiger partial charge < -0.3 is 10.2 Å². The van der Waals surface area contributed by atoms with Crippen LogP contribution < -0.4 is 10.2 Å². The van der Waals surface area contributed by atoms with Crippen LogP contribution in [0, 0.1) is 10.1 Å². The van der Waals surface area contributed by atoms with E-state index < -0.39 is 4.92 Å². The zero-order valence-corrected chi connectivity index (χ0v) is 14.9. The van der Waals surface area contributed by atoms with Gasteiger partial charge in [-0.05, 0) is 54.2 Å². The summed E-state index contributed by atoms with van der Waals surface area (Å²) in [6.07, 6.45) is 4.81. The molecule has 1 heterocycles. The van der Waals surface area contributed by atoms with Gasteiger partial charge in [0, 0.05) is 24.6 Å². The zero-order valence-electron chi connectivity index (χ0n) is 13.3. The van der Waals surface area contributed by atoms with E-state index in [1.807, 2.05) is 0 Å². The molecule has 0 bridgehead atoms. The largest absolute Gasteiger partial charge is 0.352 e. The lowest BCUT2D eigenvalue weighted by atomic mass is 10.0. The summed E-state index contributed by atoms with van der Waals surface area (Å²) in [5.74, 6) is -0.262. The van der Waals surface area contributed by atoms with Crippen LogP contribution in [0.15, 0.2) is 22.7 Å². The number of halogens is 1. The second-order valence-corrected chi connectivity index (χ2v) is 6.94. The number of nitrogens with one attached hydrogen (secondary N) is 2. The number of amides is 1. The SMILES string of the molecule is C[C@H]1CCCC[NH+]1CCCNC(=O)c1ccc(Br)c([N+](=O)[O-])c1. The first-order valence-corrected chi connectivity index (χ1v) is 8.85. The molecule has 2 atom stereocenters. The fraction of sp³-hybridized carbons (Fsp3) is 0.562. The van der Waals surface area contributed by atoms with Crippen LogP contribution in [0.2, 0.25) is 0 Å². The van der Waals surface area contributed by atoms with Crippen molar-refractivity contribution in [3.63, 3.8) is 0 Å². The molecule has 6 nitrogen and oxygen atoms in total. The lowest BCUT2D eigenvalue weighted by Gasteiger charge is -2.30. The molecule has 1 aliphatic rings. The summed E-state index contributed by atoms with van der Waals surface area (Å²) in [5, 5.41) is 13.8. The third-order valence-corrected chi connectivity index (χ3v) is 5.12. The Bertz CT molecular complexity index is 580. The van der Waals surface area contributed by atoms with Crippen molar-refractivity contribution in [3.05, 3.63) is 38.3 Å². The topological polar surface area (TPSA) is 76.7 Å². The van der Waals surface area contributed by atoms with Crippen LogP contribution in [0.4, 0.5) is 5.69 Å². The van der Waals surface area contributed by atoms with Gasteiger partial charge in [0.25, 0.3) is 11.6 Å². The second kappa shape index (κ2) is 8.40. The first-order chi connectivity index (χ1) is 11.0. The number of piperidine rings is 1. The third kappa shape index (κ3) is 5.00. The van der Waals surface area contributed by atoms with Gasteiger partial charge in [0.15, 0.2) is 0 Å². The molecule has 2 N–H and O–H groups in total. The summed E-state index contributed by atoms with van der Waals surface area (Å²) in [5.41, 5.74) is 0.225. The maximum atomic E-state index is 12.1. The number of hydrogen-bond acceptors (Lipinski definition) is 3. The number of carbonyl (C=O) groups excluding carboxylic acids is 1. The number of rotatable bonds is 6. The lowest BCUT2D eigenvalue weighted by Crippen LogP contribution is -3.16. The molecule has 126 valence electrons. The summed E-state index contributed by atoms with van der Waals surface area (Å²) in [6.45, 7) is 5.16. The average Bonchev–Trinajstić information content (AvgIpc) is 2.53. The molecule has 1 saturated heterocycles. The smallest absolute Gasteiger partial charge is 0.284 e. The van der Waals surface area contributed by atoms with Crippen molar-refractivity contribution in [1.29, 1.82) is 0 Å². The number of hydrogen-bond donors (Lipinski definition) is 2. The third-order valence-electron chi connectivity index (χ3n) is 4.45. The highest BCUT2D eigenvalue weighted by molar-refractivity contribution is 9.10. The molecule has 1 aliphatic heterocycles. The predicted molar refractivity (Wildman–Crippen MR) is 91.8 cm³/mol. The molecule has 0 spiro atoms. The molecule has 7 heteroatoms. The van der Waals surface area contributed by atoms with Crippen molar-refractivity contribution in [1.82, 2.24) is 5.32 Å². The van der Waals surface area contributed by atoms with Crippen LogP contribution in [0.3, 0.4) is 0 Å². The average molecular weight is 385 g/mol. The van der Waals surface area contributed by atoms with Gasteiger partial charge in [-0.1, -0.05) is 0 Å². The number of carbonyl (C=O) groups is 1. The molecular weight excluding hydrogens is 362 g/mol. The number of nitro groups is 1. The number of quaternary nitrogens is 1. The highest BCUT2D eigenvalue weighted by Crippen LogP contribution is 2.25. The van der Waals surface area contributed by atoms with Crippen LogP contribution in [-0.2, 0) is 0 Å². The number of nitro benzene ring substituents is 1. The quantitative estimate of drug-likeness (QED) is 0.446. The molecule has 0 aliphatic carbocycles. The Hall–Kier alpha value is -1.47. The molecule has 2 rings (SSSR count). The first-order valence-electron chi connectivity index (χ1n) is 8.05. The highest BCUT2D eigenvalue weighted by Gasteiger charge is 2.21. The van der Waals surface area contributed by atoms with Gasteiger partial charge in [0.1, 0.15) is 0 Å². The Morgan fingerprint density at radius 3 is 2.96 bits per heavy atom. The molecular formula is C16H23BrN3O3+. The van der Waals surface area contributed by atoms with Gasteiger partial charge >= 0.3 is 0 Å². The van der Waals surface area contributed by atoms with E-state index in [0.717, 1.165) is 13.0 Å². The molecule has 0 saturated carbocycles. The minimum absolute atomic E-state index is 0.0933. The van der Waals surface area contributed by atoms with Gasteiger partial charge in [0.2, 0.25) is 0 Å². The van der Waals surface area contributed by atoms with Gasteiger partial charge in [-0.25, -0.2) is 0 Å². The van der Waals surface area contributed by atoms with Crippen molar-refractivity contribution >= 4 is 27.5 Å². The van der Waals surface area contributed by atoms with Crippen molar-refractivity contribution in [2.24, 2.45) is 0 Å². The number of benzene rings is 1. The highest BCUT2D eigenvalue weighted by atomic mass is 79.9. The molecule has 23 heavy (non-hydrogen) atoms. The van der Waals surface area contributed by atoms with Crippen molar-refractivity contribution in [2.75, 3.05) is 19.6 Å². The summed E-state index contributed by atoms with van der Waals surface area (Å²) in [7, 11) is 0. The summed E-state index contributed by atoms with van der Waals surface area (Å²) in [4.78, 5) is 24.1. The minimum Gasteiger partial charge on any atom is -0.352 e. The van der Waals surface area contributed by atoms with Crippen molar-refractivity contribution < 1.29 is 14.6 Å². The van der Waals surface area contributed by atoms with E-state index in [9.17, 15) is 14.9 Å². The molecule has 1 unspecified atom stereocenters. The molecule has 0 radical (unpaired) electrons. The Morgan fingerprint density at radius 2 is 2.26 bits per heavy atom. The normalized spacial score (nSPS) is 21.0. The van der Waals surface area contributed by atoms with Crippen LogP contribution in [0.1, 0.15) is 43.0 Å². The maximum absolute atomic E-state index is 12.1. The van der Waals surface area contributed by atoms with Crippen LogP contribution in [-0.4, -0.2) is 36.5 Å². The summed E-state index contributed by atoms with van der Waals surface area (Å²) >= 11 is 3.12. The van der Waals surface area contributed by atoms with Gasteiger partial charge in [-0.2, -0.15) is 0 Å². The molecule has 1 aromatic rings. The van der Waals surface area contributed by atoms with E-state index >= 15 is 0 Å². The monoisotopic (exact) mass is 384 g/mol. The van der Waals surface area contributed by atoms with E-state index in [2.05, 4.69) is 28.2 Å². The van der Waals surface area contributed by atoms with E-state index in [1.54, 1.807) is 11.0 Å². The Labute approximate surface area is 144 Å². The zero-order chi connectivity index (χ0) is 16.8. The second-order valence-electron chi connectivity index (χ2n) is 6.09. The summed E-state index contributed by atoms with van der Waals surface area (Å²) in [6, 6.07) is 5.13. The van der Waals surface area contributed by atoms with Gasteiger partial charge in [-0.3, -0.25) is 14.9 Å². The Morgan fingerprint density at radius 1 is 1.48 bits per heavy atom. The van der Waals surface area contributed by atoms with Gasteiger partial charge in [-0.15, -0.1) is 0 Å². The molecule has 0 aromatic heterocycles. The van der Waals surface area contributed by atoms with E-state index in [-0.39, 0.29) is 11.6 Å². The van der Waals surface area contributed by atoms with Gasteiger partial charge in [0.05, 0.1) is 28.5 Å². The van der Waals surface area contributed by atoms with Crippen LogP contribution in [0.5, 0.6) is 0 Å². The Balaban J connectivity index is 1.81. The number of nitrogens with zero attached hydrogens (tertiary/aromatic N) is 1. The van der Waals surface area contributed by atoms with E-state index in [1.165, 1.54) is 37.9 Å². The first kappa shape index (κ1) is 17.9. The predicted octanol–water partition coefficient (Wildman–Crippen LogP) is 1.93. The fourth-order valence-corrected chi connectivity index (χ4v) is 3.43. The maximum Gasteiger partial charge on any atom is 0.284 e. The summed E-state index contributed by atoms with van der Waals surface area (Å²) < 4.78 is 0.377. The van der Waals surface area contributed by atoms with E-state index in [0.29, 0.717) is 22.6 Å². The van der Waals surface area contributed by atoms with Crippen molar-refractivity contribution in [2.45, 2.75) is 38.6 Å². The number of likely N-dealkylation sites (tertiary alicyclic amines) is 1. The Kier molecular flexibility index (Phi) is 6.53. The van der Waals surface area contributed by atoms with E-state index in [4.69, 9.17) is 0 Å².